The molecular formula is C12H17BrN2S2. The van der Waals surface area contributed by atoms with Crippen molar-refractivity contribution in [2.24, 2.45) is 5.73 Å². The maximum Gasteiger partial charge on any atom is 0.105 e. The van der Waals surface area contributed by atoms with Crippen LogP contribution in [0.25, 0.3) is 0 Å². The maximum absolute atomic E-state index is 5.61. The van der Waals surface area contributed by atoms with E-state index in [0.29, 0.717) is 11.0 Å². The number of thiocarbonyl (C=S) groups is 1. The Morgan fingerprint density at radius 3 is 2.82 bits per heavy atom. The SMILES string of the molecule is CCSCC(C)Nc1ccc(C(N)=S)c(Br)c1. The van der Waals surface area contributed by atoms with Crippen LogP contribution in [-0.2, 0) is 0 Å². The highest BCUT2D eigenvalue weighted by molar-refractivity contribution is 9.10. The Bertz CT molecular complexity index is 396. The molecule has 5 heteroatoms. The molecule has 0 aliphatic heterocycles. The molecule has 1 unspecified atom stereocenters. The van der Waals surface area contributed by atoms with E-state index in [4.69, 9.17) is 18.0 Å². The van der Waals surface area contributed by atoms with E-state index in [-0.39, 0.29) is 0 Å². The van der Waals surface area contributed by atoms with Gasteiger partial charge in [-0.15, -0.1) is 0 Å². The molecule has 94 valence electrons. The first-order chi connectivity index (χ1) is 8.04. The van der Waals surface area contributed by atoms with Crippen molar-refractivity contribution in [1.82, 2.24) is 0 Å². The average Bonchev–Trinajstić information content (AvgIpc) is 2.26. The molecule has 1 aromatic carbocycles. The van der Waals surface area contributed by atoms with Gasteiger partial charge < -0.3 is 11.1 Å². The number of hydrogen-bond acceptors (Lipinski definition) is 3. The second-order valence-electron chi connectivity index (χ2n) is 3.76. The number of thioether (sulfide) groups is 1. The van der Waals surface area contributed by atoms with Gasteiger partial charge >= 0.3 is 0 Å². The number of nitrogens with one attached hydrogen (secondary N) is 1. The molecule has 2 nitrogen and oxygen atoms in total. The van der Waals surface area contributed by atoms with E-state index in [1.807, 2.05) is 30.0 Å². The molecule has 1 atom stereocenters. The number of hydrogen-bond donors (Lipinski definition) is 2. The largest absolute Gasteiger partial charge is 0.389 e. The van der Waals surface area contributed by atoms with Gasteiger partial charge in [-0.05, 0) is 46.8 Å². The second kappa shape index (κ2) is 7.24. The Labute approximate surface area is 121 Å². The van der Waals surface area contributed by atoms with Crippen molar-refractivity contribution in [3.8, 4) is 0 Å². The van der Waals surface area contributed by atoms with Crippen LogP contribution in [0.1, 0.15) is 19.4 Å². The molecule has 3 N–H and O–H groups in total. The van der Waals surface area contributed by atoms with E-state index in [9.17, 15) is 0 Å². The zero-order valence-corrected chi connectivity index (χ0v) is 13.2. The van der Waals surface area contributed by atoms with Crippen molar-refractivity contribution in [2.45, 2.75) is 19.9 Å². The molecule has 0 amide bonds. The van der Waals surface area contributed by atoms with Crippen LogP contribution in [0.3, 0.4) is 0 Å². The summed E-state index contributed by atoms with van der Waals surface area (Å²) in [4.78, 5) is 0.415. The van der Waals surface area contributed by atoms with E-state index in [0.717, 1.165) is 27.2 Å². The lowest BCUT2D eigenvalue weighted by Crippen LogP contribution is -2.18. The minimum absolute atomic E-state index is 0.415. The molecule has 0 saturated carbocycles. The minimum Gasteiger partial charge on any atom is -0.389 e. The Morgan fingerprint density at radius 2 is 2.29 bits per heavy atom. The summed E-state index contributed by atoms with van der Waals surface area (Å²) < 4.78 is 0.936. The van der Waals surface area contributed by atoms with Gasteiger partial charge in [0.15, 0.2) is 0 Å². The lowest BCUT2D eigenvalue weighted by atomic mass is 10.2. The topological polar surface area (TPSA) is 38.0 Å². The zero-order chi connectivity index (χ0) is 12.8. The molecule has 0 spiro atoms. The van der Waals surface area contributed by atoms with Gasteiger partial charge in [0.1, 0.15) is 4.99 Å². The van der Waals surface area contributed by atoms with Gasteiger partial charge in [-0.2, -0.15) is 11.8 Å². The molecule has 0 aliphatic rings. The predicted molar refractivity (Wildman–Crippen MR) is 86.1 cm³/mol. The fourth-order valence-electron chi connectivity index (χ4n) is 1.43. The standard InChI is InChI=1S/C12H17BrN2S2/c1-3-17-7-8(2)15-9-4-5-10(12(14)16)11(13)6-9/h4-6,8,15H,3,7H2,1-2H3,(H2,14,16). The fraction of sp³-hybridized carbons (Fsp3) is 0.417. The molecule has 0 heterocycles. The van der Waals surface area contributed by atoms with Crippen LogP contribution in [0.5, 0.6) is 0 Å². The monoisotopic (exact) mass is 332 g/mol. The van der Waals surface area contributed by atoms with Gasteiger partial charge in [0.05, 0.1) is 0 Å². The third-order valence-corrected chi connectivity index (χ3v) is 4.24. The van der Waals surface area contributed by atoms with Crippen molar-refractivity contribution in [3.05, 3.63) is 28.2 Å². The van der Waals surface area contributed by atoms with Crippen molar-refractivity contribution in [2.75, 3.05) is 16.8 Å². The molecule has 1 rings (SSSR count). The van der Waals surface area contributed by atoms with Crippen LogP contribution in [0, 0.1) is 0 Å². The summed E-state index contributed by atoms with van der Waals surface area (Å²) in [6.07, 6.45) is 0. The molecule has 0 radical (unpaired) electrons. The number of halogens is 1. The first-order valence-electron chi connectivity index (χ1n) is 5.48. The van der Waals surface area contributed by atoms with Gasteiger partial charge in [-0.3, -0.25) is 0 Å². The molecule has 1 aromatic rings. The number of rotatable bonds is 6. The van der Waals surface area contributed by atoms with Crippen LogP contribution < -0.4 is 11.1 Å². The number of nitrogens with two attached hydrogens (primary N) is 1. The van der Waals surface area contributed by atoms with Gasteiger partial charge in [0, 0.05) is 27.5 Å². The zero-order valence-electron chi connectivity index (χ0n) is 10.00. The highest BCUT2D eigenvalue weighted by Crippen LogP contribution is 2.22. The van der Waals surface area contributed by atoms with Crippen LogP contribution in [-0.4, -0.2) is 22.5 Å². The first-order valence-corrected chi connectivity index (χ1v) is 7.83. The lowest BCUT2D eigenvalue weighted by Gasteiger charge is -2.15. The van der Waals surface area contributed by atoms with Crippen molar-refractivity contribution >= 4 is 50.6 Å². The second-order valence-corrected chi connectivity index (χ2v) is 6.38. The highest BCUT2D eigenvalue weighted by atomic mass is 79.9. The van der Waals surface area contributed by atoms with Gasteiger partial charge in [0.2, 0.25) is 0 Å². The quantitative estimate of drug-likeness (QED) is 0.780. The Balaban J connectivity index is 2.67. The summed E-state index contributed by atoms with van der Waals surface area (Å²) in [6, 6.07) is 6.41. The normalized spacial score (nSPS) is 12.2. The predicted octanol–water partition coefficient (Wildman–Crippen LogP) is 3.64. The molecular weight excluding hydrogens is 316 g/mol. The van der Waals surface area contributed by atoms with E-state index in [1.165, 1.54) is 0 Å². The maximum atomic E-state index is 5.61. The van der Waals surface area contributed by atoms with E-state index < -0.39 is 0 Å². The third-order valence-electron chi connectivity index (χ3n) is 2.22. The Hall–Kier alpha value is -0.260. The van der Waals surface area contributed by atoms with Crippen molar-refractivity contribution in [1.29, 1.82) is 0 Å². The lowest BCUT2D eigenvalue weighted by molar-refractivity contribution is 0.913. The fourth-order valence-corrected chi connectivity index (χ4v) is 3.00. The summed E-state index contributed by atoms with van der Waals surface area (Å²) in [7, 11) is 0. The van der Waals surface area contributed by atoms with Crippen LogP contribution in [0.2, 0.25) is 0 Å². The van der Waals surface area contributed by atoms with E-state index >= 15 is 0 Å². The van der Waals surface area contributed by atoms with Gasteiger partial charge in [-0.25, -0.2) is 0 Å². The van der Waals surface area contributed by atoms with Crippen LogP contribution >= 0.6 is 39.9 Å². The Kier molecular flexibility index (Phi) is 6.30. The average molecular weight is 333 g/mol. The van der Waals surface area contributed by atoms with Gasteiger partial charge in [-0.1, -0.05) is 19.1 Å². The van der Waals surface area contributed by atoms with Crippen LogP contribution in [0.4, 0.5) is 5.69 Å². The molecule has 0 saturated heterocycles. The summed E-state index contributed by atoms with van der Waals surface area (Å²) in [5, 5.41) is 3.45. The summed E-state index contributed by atoms with van der Waals surface area (Å²) in [6.45, 7) is 4.35. The van der Waals surface area contributed by atoms with Crippen molar-refractivity contribution < 1.29 is 0 Å². The van der Waals surface area contributed by atoms with E-state index in [1.54, 1.807) is 0 Å². The third kappa shape index (κ3) is 4.85. The van der Waals surface area contributed by atoms with Crippen LogP contribution in [0.15, 0.2) is 22.7 Å². The number of benzene rings is 1. The molecule has 17 heavy (non-hydrogen) atoms. The smallest absolute Gasteiger partial charge is 0.105 e. The molecule has 0 bridgehead atoms. The molecule has 0 fully saturated rings. The molecule has 0 aromatic heterocycles. The van der Waals surface area contributed by atoms with Gasteiger partial charge in [0.25, 0.3) is 0 Å². The highest BCUT2D eigenvalue weighted by Gasteiger charge is 2.06. The number of anilines is 1. The van der Waals surface area contributed by atoms with E-state index in [2.05, 4.69) is 35.1 Å². The summed E-state index contributed by atoms with van der Waals surface area (Å²) in [5.74, 6) is 2.25. The summed E-state index contributed by atoms with van der Waals surface area (Å²) in [5.41, 5.74) is 7.57. The van der Waals surface area contributed by atoms with Crippen molar-refractivity contribution in [3.63, 3.8) is 0 Å². The molecule has 0 aliphatic carbocycles. The summed E-state index contributed by atoms with van der Waals surface area (Å²) >= 11 is 10.4. The minimum atomic E-state index is 0.415. The Morgan fingerprint density at radius 1 is 1.59 bits per heavy atom. The first kappa shape index (κ1) is 14.8.